The first kappa shape index (κ1) is 19.9. The van der Waals surface area contributed by atoms with Crippen LogP contribution < -0.4 is 5.32 Å². The second-order valence-electron chi connectivity index (χ2n) is 8.32. The minimum atomic E-state index is -0.584. The molecule has 0 unspecified atom stereocenters. The number of pyridine rings is 1. The summed E-state index contributed by atoms with van der Waals surface area (Å²) < 4.78 is 7.35. The number of fused-ring (bicyclic) bond motifs is 1. The maximum Gasteiger partial charge on any atom is 0.329 e. The summed E-state index contributed by atoms with van der Waals surface area (Å²) in [5.41, 5.74) is 1.82. The summed E-state index contributed by atoms with van der Waals surface area (Å²) in [7, 11) is 0. The van der Waals surface area contributed by atoms with Crippen molar-refractivity contribution in [3.05, 3.63) is 48.9 Å². The Kier molecular flexibility index (Phi) is 5.15. The smallest absolute Gasteiger partial charge is 0.329 e. The molecule has 0 radical (unpaired) electrons. The summed E-state index contributed by atoms with van der Waals surface area (Å²) in [5.74, 6) is 0.338. The third-order valence-corrected chi connectivity index (χ3v) is 4.89. The zero-order chi connectivity index (χ0) is 21.3. The second kappa shape index (κ2) is 7.78. The number of aromatic nitrogens is 3. The van der Waals surface area contributed by atoms with Gasteiger partial charge in [0.1, 0.15) is 23.8 Å². The lowest BCUT2D eigenvalue weighted by atomic mass is 10.1. The fourth-order valence-corrected chi connectivity index (χ4v) is 3.56. The van der Waals surface area contributed by atoms with Gasteiger partial charge in [-0.2, -0.15) is 0 Å². The number of benzene rings is 1. The fraction of sp³-hybridized carbons (Fsp3) is 0.364. The number of ether oxygens (including phenoxy) is 1. The van der Waals surface area contributed by atoms with Crippen LogP contribution >= 0.6 is 0 Å². The van der Waals surface area contributed by atoms with Gasteiger partial charge in [0.2, 0.25) is 0 Å². The number of nitrogens with zero attached hydrogens (tertiary/aromatic N) is 4. The van der Waals surface area contributed by atoms with E-state index in [0.717, 1.165) is 17.5 Å². The zero-order valence-corrected chi connectivity index (χ0v) is 17.3. The highest BCUT2D eigenvalue weighted by Gasteiger charge is 2.37. The number of hydrogen-bond acceptors (Lipinski definition) is 5. The first-order valence-corrected chi connectivity index (χ1v) is 10.0. The van der Waals surface area contributed by atoms with Gasteiger partial charge < -0.3 is 15.0 Å². The predicted octanol–water partition coefficient (Wildman–Crippen LogP) is 3.76. The number of carbonyl (C=O) groups excluding carboxylic acids is 2. The van der Waals surface area contributed by atoms with E-state index in [-0.39, 0.29) is 12.0 Å². The summed E-state index contributed by atoms with van der Waals surface area (Å²) in [6.45, 7) is 5.98. The first-order chi connectivity index (χ1) is 14.3. The maximum absolute atomic E-state index is 12.7. The van der Waals surface area contributed by atoms with Gasteiger partial charge in [-0.25, -0.2) is 19.6 Å². The van der Waals surface area contributed by atoms with Crippen LogP contribution in [0, 0.1) is 0 Å². The van der Waals surface area contributed by atoms with E-state index in [1.807, 2.05) is 55.7 Å². The van der Waals surface area contributed by atoms with Gasteiger partial charge in [0, 0.05) is 6.54 Å². The van der Waals surface area contributed by atoms with Crippen LogP contribution in [-0.4, -0.2) is 49.6 Å². The molecule has 4 rings (SSSR count). The van der Waals surface area contributed by atoms with E-state index in [1.165, 1.54) is 4.90 Å². The Balaban J connectivity index is 1.45. The van der Waals surface area contributed by atoms with E-state index in [9.17, 15) is 9.59 Å². The number of carbonyl (C=O) groups is 2. The Bertz CT molecular complexity index is 1070. The molecule has 3 heterocycles. The minimum Gasteiger partial charge on any atom is -0.458 e. The van der Waals surface area contributed by atoms with Crippen molar-refractivity contribution < 1.29 is 14.3 Å². The molecular weight excluding hydrogens is 382 g/mol. The van der Waals surface area contributed by atoms with Gasteiger partial charge in [-0.1, -0.05) is 12.1 Å². The average molecular weight is 407 g/mol. The van der Waals surface area contributed by atoms with Gasteiger partial charge in [-0.05, 0) is 57.9 Å². The van der Waals surface area contributed by atoms with Crippen LogP contribution in [0.15, 0.2) is 48.9 Å². The SMILES string of the molecule is CC(C)(C)OC(=O)[C@H]1CCCN1C(=O)Nc1ccc(-n2cnc3ccccc32)nc1. The van der Waals surface area contributed by atoms with Crippen LogP contribution in [0.5, 0.6) is 0 Å². The van der Waals surface area contributed by atoms with E-state index in [1.54, 1.807) is 18.6 Å². The van der Waals surface area contributed by atoms with Crippen molar-refractivity contribution >= 4 is 28.7 Å². The highest BCUT2D eigenvalue weighted by molar-refractivity contribution is 5.93. The van der Waals surface area contributed by atoms with Crippen molar-refractivity contribution in [2.24, 2.45) is 0 Å². The molecule has 1 aliphatic heterocycles. The molecule has 2 amide bonds. The fourth-order valence-electron chi connectivity index (χ4n) is 3.56. The molecule has 0 spiro atoms. The number of urea groups is 1. The van der Waals surface area contributed by atoms with Crippen molar-refractivity contribution in [2.75, 3.05) is 11.9 Å². The quantitative estimate of drug-likeness (QED) is 0.668. The molecule has 8 nitrogen and oxygen atoms in total. The number of likely N-dealkylation sites (tertiary alicyclic amines) is 1. The van der Waals surface area contributed by atoms with E-state index < -0.39 is 11.6 Å². The highest BCUT2D eigenvalue weighted by atomic mass is 16.6. The van der Waals surface area contributed by atoms with Crippen molar-refractivity contribution in [2.45, 2.75) is 45.3 Å². The monoisotopic (exact) mass is 407 g/mol. The van der Waals surface area contributed by atoms with Crippen LogP contribution in [-0.2, 0) is 9.53 Å². The maximum atomic E-state index is 12.7. The van der Waals surface area contributed by atoms with Gasteiger partial charge in [-0.15, -0.1) is 0 Å². The molecule has 1 fully saturated rings. The van der Waals surface area contributed by atoms with Crippen LogP contribution in [0.2, 0.25) is 0 Å². The van der Waals surface area contributed by atoms with E-state index in [0.29, 0.717) is 24.5 Å². The number of imidazole rings is 1. The van der Waals surface area contributed by atoms with Gasteiger partial charge in [-0.3, -0.25) is 4.57 Å². The van der Waals surface area contributed by atoms with Gasteiger partial charge in [0.15, 0.2) is 0 Å². The summed E-state index contributed by atoms with van der Waals surface area (Å²) in [5, 5.41) is 2.83. The number of esters is 1. The predicted molar refractivity (Wildman–Crippen MR) is 113 cm³/mol. The Morgan fingerprint density at radius 1 is 1.13 bits per heavy atom. The molecule has 8 heteroatoms. The van der Waals surface area contributed by atoms with Gasteiger partial charge in [0.05, 0.1) is 22.9 Å². The molecule has 0 aliphatic carbocycles. The molecule has 0 saturated carbocycles. The lowest BCUT2D eigenvalue weighted by Crippen LogP contribution is -2.45. The number of rotatable bonds is 3. The van der Waals surface area contributed by atoms with Gasteiger partial charge in [0.25, 0.3) is 0 Å². The zero-order valence-electron chi connectivity index (χ0n) is 17.3. The molecule has 1 N–H and O–H groups in total. The average Bonchev–Trinajstić information content (AvgIpc) is 3.35. The van der Waals surface area contributed by atoms with E-state index in [2.05, 4.69) is 15.3 Å². The first-order valence-electron chi connectivity index (χ1n) is 10.0. The van der Waals surface area contributed by atoms with Crippen LogP contribution in [0.4, 0.5) is 10.5 Å². The Morgan fingerprint density at radius 2 is 1.93 bits per heavy atom. The number of nitrogens with one attached hydrogen (secondary N) is 1. The summed E-state index contributed by atoms with van der Waals surface area (Å²) in [6.07, 6.45) is 4.69. The van der Waals surface area contributed by atoms with Crippen molar-refractivity contribution in [1.82, 2.24) is 19.4 Å². The third kappa shape index (κ3) is 4.12. The topological polar surface area (TPSA) is 89.4 Å². The lowest BCUT2D eigenvalue weighted by Gasteiger charge is -2.27. The largest absolute Gasteiger partial charge is 0.458 e. The van der Waals surface area contributed by atoms with Crippen LogP contribution in [0.3, 0.4) is 0 Å². The van der Waals surface area contributed by atoms with Gasteiger partial charge >= 0.3 is 12.0 Å². The molecular formula is C22H25N5O3. The molecule has 3 aromatic rings. The molecule has 0 bridgehead atoms. The van der Waals surface area contributed by atoms with Crippen molar-refractivity contribution in [3.63, 3.8) is 0 Å². The molecule has 156 valence electrons. The molecule has 1 saturated heterocycles. The van der Waals surface area contributed by atoms with E-state index in [4.69, 9.17) is 4.74 Å². The second-order valence-corrected chi connectivity index (χ2v) is 8.32. The minimum absolute atomic E-state index is 0.328. The molecule has 1 aliphatic rings. The van der Waals surface area contributed by atoms with E-state index >= 15 is 0 Å². The standard InChI is InChI=1S/C22H25N5O3/c1-22(2,3)30-20(28)18-9-6-12-26(18)21(29)25-15-10-11-19(23-13-15)27-14-24-16-7-4-5-8-17(16)27/h4-5,7-8,10-11,13-14,18H,6,9,12H2,1-3H3,(H,25,29)/t18-/m1/s1. The Hall–Kier alpha value is -3.42. The molecule has 1 atom stereocenters. The Labute approximate surface area is 174 Å². The third-order valence-electron chi connectivity index (χ3n) is 4.89. The number of para-hydroxylation sites is 2. The summed E-state index contributed by atoms with van der Waals surface area (Å²) in [4.78, 5) is 35.5. The lowest BCUT2D eigenvalue weighted by molar-refractivity contribution is -0.159. The molecule has 30 heavy (non-hydrogen) atoms. The summed E-state index contributed by atoms with van der Waals surface area (Å²) >= 11 is 0. The number of anilines is 1. The normalized spacial score (nSPS) is 16.6. The number of hydrogen-bond donors (Lipinski definition) is 1. The Morgan fingerprint density at radius 3 is 2.67 bits per heavy atom. The van der Waals surface area contributed by atoms with Crippen molar-refractivity contribution in [1.29, 1.82) is 0 Å². The van der Waals surface area contributed by atoms with Crippen molar-refractivity contribution in [3.8, 4) is 5.82 Å². The summed E-state index contributed by atoms with van der Waals surface area (Å²) in [6, 6.07) is 10.5. The highest BCUT2D eigenvalue weighted by Crippen LogP contribution is 2.23. The van der Waals surface area contributed by atoms with Crippen LogP contribution in [0.25, 0.3) is 16.9 Å². The van der Waals surface area contributed by atoms with Crippen LogP contribution in [0.1, 0.15) is 33.6 Å². The molecule has 1 aromatic carbocycles. The molecule has 2 aromatic heterocycles. The number of amides is 2.